The number of anilines is 1. The van der Waals surface area contributed by atoms with E-state index in [2.05, 4.69) is 0 Å². The van der Waals surface area contributed by atoms with Crippen LogP contribution in [0.15, 0.2) is 63.9 Å². The van der Waals surface area contributed by atoms with Gasteiger partial charge in [-0.05, 0) is 49.4 Å². The Morgan fingerprint density at radius 1 is 1.04 bits per heavy atom. The van der Waals surface area contributed by atoms with Gasteiger partial charge >= 0.3 is 0 Å². The molecule has 0 spiro atoms. The lowest BCUT2D eigenvalue weighted by Crippen LogP contribution is -2.27. The van der Waals surface area contributed by atoms with E-state index in [1.54, 1.807) is 24.3 Å². The van der Waals surface area contributed by atoms with Gasteiger partial charge in [-0.3, -0.25) is 9.69 Å². The summed E-state index contributed by atoms with van der Waals surface area (Å²) in [6.45, 7) is 2.00. The molecule has 2 heterocycles. The standard InChI is InChI=1S/C21H13Cl2NO2S2/c1-12-2-5-14(6-3-12)24-20(25)19(28-21(24)27)11-15-7-9-18(26-15)13-4-8-16(22)17(23)10-13/h2-11H,1H3. The highest BCUT2D eigenvalue weighted by Crippen LogP contribution is 2.37. The average molecular weight is 446 g/mol. The lowest BCUT2D eigenvalue weighted by atomic mass is 10.2. The van der Waals surface area contributed by atoms with Crippen molar-refractivity contribution in [2.45, 2.75) is 6.92 Å². The molecule has 1 saturated heterocycles. The number of carbonyl (C=O) groups excluding carboxylic acids is 1. The second kappa shape index (κ2) is 7.76. The van der Waals surface area contributed by atoms with E-state index >= 15 is 0 Å². The number of furan rings is 1. The van der Waals surface area contributed by atoms with Crippen LogP contribution in [0.5, 0.6) is 0 Å². The Balaban J connectivity index is 1.60. The number of thioether (sulfide) groups is 1. The Bertz CT molecular complexity index is 1120. The van der Waals surface area contributed by atoms with Gasteiger partial charge < -0.3 is 4.42 Å². The fourth-order valence-corrected chi connectivity index (χ4v) is 4.33. The van der Waals surface area contributed by atoms with E-state index < -0.39 is 0 Å². The van der Waals surface area contributed by atoms with Crippen molar-refractivity contribution >= 4 is 69.2 Å². The zero-order valence-electron chi connectivity index (χ0n) is 14.6. The molecule has 0 saturated carbocycles. The number of halogens is 2. The smallest absolute Gasteiger partial charge is 0.270 e. The molecule has 3 nitrogen and oxygen atoms in total. The van der Waals surface area contributed by atoms with Gasteiger partial charge in [0.25, 0.3) is 5.91 Å². The molecular formula is C21H13Cl2NO2S2. The summed E-state index contributed by atoms with van der Waals surface area (Å²) in [5.41, 5.74) is 2.68. The Morgan fingerprint density at radius 2 is 1.79 bits per heavy atom. The Hall–Kier alpha value is -2.05. The largest absolute Gasteiger partial charge is 0.457 e. The maximum atomic E-state index is 12.8. The molecule has 1 aliphatic rings. The highest BCUT2D eigenvalue weighted by atomic mass is 35.5. The minimum absolute atomic E-state index is 0.161. The minimum atomic E-state index is -0.161. The van der Waals surface area contributed by atoms with E-state index in [1.165, 1.54) is 16.7 Å². The summed E-state index contributed by atoms with van der Waals surface area (Å²) in [5, 5.41) is 0.938. The molecule has 28 heavy (non-hydrogen) atoms. The van der Waals surface area contributed by atoms with Crippen LogP contribution in [-0.4, -0.2) is 10.2 Å². The summed E-state index contributed by atoms with van der Waals surface area (Å²) in [5.74, 6) is 1.04. The third kappa shape index (κ3) is 3.76. The Labute approximate surface area is 181 Å². The Kier molecular flexibility index (Phi) is 5.34. The van der Waals surface area contributed by atoms with Crippen molar-refractivity contribution in [1.82, 2.24) is 0 Å². The molecule has 1 aromatic heterocycles. The molecule has 3 aromatic rings. The van der Waals surface area contributed by atoms with Crippen molar-refractivity contribution in [3.8, 4) is 11.3 Å². The second-order valence-corrected chi connectivity index (χ2v) is 8.67. The minimum Gasteiger partial charge on any atom is -0.457 e. The molecule has 1 fully saturated rings. The maximum absolute atomic E-state index is 12.8. The van der Waals surface area contributed by atoms with Crippen LogP contribution in [0.2, 0.25) is 10.0 Å². The molecule has 0 aliphatic carbocycles. The number of hydrogen-bond donors (Lipinski definition) is 0. The number of nitrogens with zero attached hydrogens (tertiary/aromatic N) is 1. The van der Waals surface area contributed by atoms with Gasteiger partial charge in [0.1, 0.15) is 11.5 Å². The normalized spacial score (nSPS) is 15.7. The van der Waals surface area contributed by atoms with Gasteiger partial charge in [0.05, 0.1) is 20.6 Å². The number of thiocarbonyl (C=S) groups is 1. The SMILES string of the molecule is Cc1ccc(N2C(=O)C(=Cc3ccc(-c4ccc(Cl)c(Cl)c4)o3)SC2=S)cc1. The van der Waals surface area contributed by atoms with Gasteiger partial charge in [-0.15, -0.1) is 0 Å². The first-order valence-electron chi connectivity index (χ1n) is 8.32. The summed E-state index contributed by atoms with van der Waals surface area (Å²) in [7, 11) is 0. The number of amides is 1. The summed E-state index contributed by atoms with van der Waals surface area (Å²) >= 11 is 18.7. The predicted molar refractivity (Wildman–Crippen MR) is 121 cm³/mol. The van der Waals surface area contributed by atoms with Crippen LogP contribution in [0.1, 0.15) is 11.3 Å². The third-order valence-corrected chi connectivity index (χ3v) is 6.23. The first-order chi connectivity index (χ1) is 13.4. The van der Waals surface area contributed by atoms with E-state index in [4.69, 9.17) is 39.8 Å². The Morgan fingerprint density at radius 3 is 2.50 bits per heavy atom. The zero-order chi connectivity index (χ0) is 19.8. The van der Waals surface area contributed by atoms with Gasteiger partial charge in [0, 0.05) is 11.6 Å². The lowest BCUT2D eigenvalue weighted by Gasteiger charge is -2.14. The fraction of sp³-hybridized carbons (Fsp3) is 0.0476. The monoisotopic (exact) mass is 445 g/mol. The van der Waals surface area contributed by atoms with Crippen LogP contribution >= 0.6 is 47.2 Å². The molecule has 1 aliphatic heterocycles. The fourth-order valence-electron chi connectivity index (χ4n) is 2.75. The van der Waals surface area contributed by atoms with Crippen molar-refractivity contribution in [1.29, 1.82) is 0 Å². The molecule has 0 radical (unpaired) electrons. The lowest BCUT2D eigenvalue weighted by molar-refractivity contribution is -0.113. The van der Waals surface area contributed by atoms with Crippen molar-refractivity contribution in [3.05, 3.63) is 80.9 Å². The third-order valence-electron chi connectivity index (χ3n) is 4.19. The quantitative estimate of drug-likeness (QED) is 0.321. The summed E-state index contributed by atoms with van der Waals surface area (Å²) in [6, 6.07) is 16.6. The molecule has 4 rings (SSSR count). The van der Waals surface area contributed by atoms with Crippen molar-refractivity contribution in [2.75, 3.05) is 4.90 Å². The number of rotatable bonds is 3. The molecule has 140 valence electrons. The van der Waals surface area contributed by atoms with E-state index in [9.17, 15) is 4.79 Å². The van der Waals surface area contributed by atoms with Crippen LogP contribution < -0.4 is 4.90 Å². The first kappa shape index (κ1) is 19.3. The molecule has 0 N–H and O–H groups in total. The molecule has 1 amide bonds. The van der Waals surface area contributed by atoms with Crippen LogP contribution in [-0.2, 0) is 4.79 Å². The van der Waals surface area contributed by atoms with Crippen LogP contribution in [0.3, 0.4) is 0 Å². The van der Waals surface area contributed by atoms with Crippen molar-refractivity contribution in [2.24, 2.45) is 0 Å². The van der Waals surface area contributed by atoms with Crippen LogP contribution in [0, 0.1) is 6.92 Å². The second-order valence-electron chi connectivity index (χ2n) is 6.18. The van der Waals surface area contributed by atoms with Gasteiger partial charge in [0.2, 0.25) is 0 Å². The molecule has 0 unspecified atom stereocenters. The van der Waals surface area contributed by atoms with E-state index in [1.807, 2.05) is 43.3 Å². The number of carbonyl (C=O) groups is 1. The van der Waals surface area contributed by atoms with Gasteiger partial charge in [-0.25, -0.2) is 0 Å². The predicted octanol–water partition coefficient (Wildman–Crippen LogP) is 6.97. The number of hydrogen-bond acceptors (Lipinski definition) is 4. The molecule has 7 heteroatoms. The maximum Gasteiger partial charge on any atom is 0.270 e. The van der Waals surface area contributed by atoms with Crippen LogP contribution in [0.25, 0.3) is 17.4 Å². The molecule has 0 bridgehead atoms. The van der Waals surface area contributed by atoms with E-state index in [0.29, 0.717) is 30.8 Å². The topological polar surface area (TPSA) is 33.5 Å². The molecular weight excluding hydrogens is 433 g/mol. The summed E-state index contributed by atoms with van der Waals surface area (Å²) in [6.07, 6.45) is 1.70. The molecule has 0 atom stereocenters. The van der Waals surface area contributed by atoms with E-state index in [-0.39, 0.29) is 5.91 Å². The van der Waals surface area contributed by atoms with Crippen molar-refractivity contribution < 1.29 is 9.21 Å². The number of benzene rings is 2. The summed E-state index contributed by atoms with van der Waals surface area (Å²) < 4.78 is 6.36. The van der Waals surface area contributed by atoms with Gasteiger partial charge in [-0.1, -0.05) is 64.9 Å². The average Bonchev–Trinajstić information content (AvgIpc) is 3.24. The van der Waals surface area contributed by atoms with E-state index in [0.717, 1.165) is 16.8 Å². The van der Waals surface area contributed by atoms with Gasteiger partial charge in [0.15, 0.2) is 4.32 Å². The van der Waals surface area contributed by atoms with Crippen LogP contribution in [0.4, 0.5) is 5.69 Å². The van der Waals surface area contributed by atoms with Crippen molar-refractivity contribution in [3.63, 3.8) is 0 Å². The molecule has 2 aromatic carbocycles. The number of aryl methyl sites for hydroxylation is 1. The van der Waals surface area contributed by atoms with Gasteiger partial charge in [-0.2, -0.15) is 0 Å². The first-order valence-corrected chi connectivity index (χ1v) is 10.3. The summed E-state index contributed by atoms with van der Waals surface area (Å²) in [4.78, 5) is 14.9. The zero-order valence-corrected chi connectivity index (χ0v) is 17.8. The highest BCUT2D eigenvalue weighted by Gasteiger charge is 2.33. The highest BCUT2D eigenvalue weighted by molar-refractivity contribution is 8.27.